The first-order valence-corrected chi connectivity index (χ1v) is 22.6. The predicted octanol–water partition coefficient (Wildman–Crippen LogP) is 15.3. The first kappa shape index (κ1) is 39.9. The summed E-state index contributed by atoms with van der Waals surface area (Å²) >= 11 is 0. The van der Waals surface area contributed by atoms with Crippen LogP contribution in [0.25, 0.3) is 32.7 Å². The molecular formula is C58H56N2O2. The monoisotopic (exact) mass is 812 g/mol. The Morgan fingerprint density at radius 2 is 0.694 bits per heavy atom. The van der Waals surface area contributed by atoms with Crippen LogP contribution in [0.2, 0.25) is 0 Å². The van der Waals surface area contributed by atoms with E-state index in [0.717, 1.165) is 73.4 Å². The number of anilines is 6. The minimum Gasteiger partial charge on any atom is -0.380 e. The van der Waals surface area contributed by atoms with E-state index in [1.165, 1.54) is 69.5 Å². The van der Waals surface area contributed by atoms with E-state index in [0.29, 0.717) is 10.8 Å². The van der Waals surface area contributed by atoms with Gasteiger partial charge in [0.15, 0.2) is 0 Å². The van der Waals surface area contributed by atoms with E-state index in [-0.39, 0.29) is 0 Å². The molecule has 8 aromatic carbocycles. The molecule has 0 aromatic heterocycles. The fourth-order valence-corrected chi connectivity index (χ4v) is 9.41. The smallest absolute Gasteiger partial charge is 0.0544 e. The van der Waals surface area contributed by atoms with Gasteiger partial charge in [-0.15, -0.1) is 0 Å². The lowest BCUT2D eigenvalue weighted by Crippen LogP contribution is -2.42. The fraction of sp³-hybridized carbons (Fsp3) is 0.241. The SMILES string of the molecule is CCC1(CCc2ccc(N(c3ccc(-c4ccc(N(c5ccc(CCC6(CC)COC6)cc5)c5ccc6ccccc6c5)cc4)cc3)c3ccc4ccccc4c3)cc2)COC1. The summed E-state index contributed by atoms with van der Waals surface area (Å²) in [7, 11) is 0. The van der Waals surface area contributed by atoms with Crippen LogP contribution in [0.1, 0.15) is 50.7 Å². The highest BCUT2D eigenvalue weighted by Crippen LogP contribution is 2.41. The van der Waals surface area contributed by atoms with Crippen molar-refractivity contribution in [3.63, 3.8) is 0 Å². The van der Waals surface area contributed by atoms with Crippen molar-refractivity contribution in [3.8, 4) is 11.1 Å². The average Bonchev–Trinajstić information content (AvgIpc) is 3.30. The Kier molecular flexibility index (Phi) is 11.1. The molecule has 310 valence electrons. The highest BCUT2D eigenvalue weighted by atomic mass is 16.5. The van der Waals surface area contributed by atoms with Gasteiger partial charge in [-0.3, -0.25) is 0 Å². The first-order valence-electron chi connectivity index (χ1n) is 22.6. The molecule has 0 radical (unpaired) electrons. The Hall–Kier alpha value is -6.20. The van der Waals surface area contributed by atoms with Crippen LogP contribution in [0.4, 0.5) is 34.1 Å². The third-order valence-electron chi connectivity index (χ3n) is 14.0. The number of benzene rings is 8. The van der Waals surface area contributed by atoms with E-state index in [1.807, 2.05) is 0 Å². The van der Waals surface area contributed by atoms with Gasteiger partial charge in [0, 0.05) is 45.0 Å². The van der Waals surface area contributed by atoms with Crippen LogP contribution in [0.15, 0.2) is 182 Å². The molecule has 2 heterocycles. The van der Waals surface area contributed by atoms with Gasteiger partial charge in [-0.2, -0.15) is 0 Å². The van der Waals surface area contributed by atoms with E-state index < -0.39 is 0 Å². The lowest BCUT2D eigenvalue weighted by atomic mass is 9.78. The summed E-state index contributed by atoms with van der Waals surface area (Å²) < 4.78 is 11.2. The molecule has 0 saturated carbocycles. The van der Waals surface area contributed by atoms with Gasteiger partial charge in [-0.25, -0.2) is 0 Å². The summed E-state index contributed by atoms with van der Waals surface area (Å²) in [6.45, 7) is 8.17. The number of rotatable bonds is 15. The van der Waals surface area contributed by atoms with Crippen molar-refractivity contribution in [3.05, 3.63) is 193 Å². The van der Waals surface area contributed by atoms with Gasteiger partial charge in [0.05, 0.1) is 26.4 Å². The second kappa shape index (κ2) is 17.3. The molecule has 0 bridgehead atoms. The van der Waals surface area contributed by atoms with E-state index in [4.69, 9.17) is 9.47 Å². The standard InChI is InChI=1S/C58H56N2O2/c1-3-57(39-61-40-57)35-33-43-13-23-51(24-14-43)59(55-31-21-45-9-5-7-11-49(45)37-55)53-27-17-47(18-28-53)48-19-29-54(30-20-48)60(56-32-22-46-10-6-8-12-50(46)38-56)52-25-15-44(16-26-52)34-36-58(4-2)41-62-42-58/h5-32,37-38H,3-4,33-36,39-42H2,1-2H3. The van der Waals surface area contributed by atoms with Crippen LogP contribution in [0.5, 0.6) is 0 Å². The van der Waals surface area contributed by atoms with Crippen molar-refractivity contribution < 1.29 is 9.47 Å². The molecule has 0 N–H and O–H groups in total. The predicted molar refractivity (Wildman–Crippen MR) is 260 cm³/mol. The number of nitrogens with zero attached hydrogens (tertiary/aromatic N) is 2. The molecule has 2 fully saturated rings. The summed E-state index contributed by atoms with van der Waals surface area (Å²) in [4.78, 5) is 4.76. The molecule has 2 aliphatic heterocycles. The number of fused-ring (bicyclic) bond motifs is 2. The summed E-state index contributed by atoms with van der Waals surface area (Å²) in [6.07, 6.45) is 6.84. The second-order valence-electron chi connectivity index (χ2n) is 17.9. The maximum atomic E-state index is 5.61. The van der Waals surface area contributed by atoms with E-state index >= 15 is 0 Å². The molecule has 0 aliphatic carbocycles. The molecule has 0 spiro atoms. The molecule has 4 nitrogen and oxygen atoms in total. The zero-order valence-corrected chi connectivity index (χ0v) is 36.1. The van der Waals surface area contributed by atoms with Gasteiger partial charge in [0.1, 0.15) is 0 Å². The molecule has 2 saturated heterocycles. The minimum atomic E-state index is 0.352. The fourth-order valence-electron chi connectivity index (χ4n) is 9.41. The van der Waals surface area contributed by atoms with E-state index in [2.05, 4.69) is 206 Å². The number of ether oxygens (including phenoxy) is 2. The first-order chi connectivity index (χ1) is 30.5. The highest BCUT2D eigenvalue weighted by molar-refractivity contribution is 5.91. The van der Waals surface area contributed by atoms with Gasteiger partial charge in [0.2, 0.25) is 0 Å². The third kappa shape index (κ3) is 8.13. The van der Waals surface area contributed by atoms with E-state index in [9.17, 15) is 0 Å². The lowest BCUT2D eigenvalue weighted by molar-refractivity contribution is -0.119. The summed E-state index contributed by atoms with van der Waals surface area (Å²) in [5.41, 5.74) is 12.7. The number of hydrogen-bond donors (Lipinski definition) is 0. The van der Waals surface area contributed by atoms with Crippen molar-refractivity contribution in [2.24, 2.45) is 10.8 Å². The minimum absolute atomic E-state index is 0.352. The molecule has 8 aromatic rings. The summed E-state index contributed by atoms with van der Waals surface area (Å²) in [6, 6.07) is 67.2. The third-order valence-corrected chi connectivity index (χ3v) is 14.0. The molecule has 62 heavy (non-hydrogen) atoms. The van der Waals surface area contributed by atoms with Crippen LogP contribution < -0.4 is 9.80 Å². The van der Waals surface area contributed by atoms with Crippen LogP contribution in [-0.4, -0.2) is 26.4 Å². The Morgan fingerprint density at radius 1 is 0.371 bits per heavy atom. The molecule has 10 rings (SSSR count). The molecule has 2 aliphatic rings. The van der Waals surface area contributed by atoms with Crippen molar-refractivity contribution >= 4 is 55.7 Å². The Balaban J connectivity index is 0.929. The second-order valence-corrected chi connectivity index (χ2v) is 17.9. The molecule has 4 heteroatoms. The lowest BCUT2D eigenvalue weighted by Gasteiger charge is -2.41. The van der Waals surface area contributed by atoms with E-state index in [1.54, 1.807) is 0 Å². The van der Waals surface area contributed by atoms with Crippen molar-refractivity contribution in [1.82, 2.24) is 0 Å². The Morgan fingerprint density at radius 3 is 1.02 bits per heavy atom. The average molecular weight is 813 g/mol. The Labute approximate surface area is 367 Å². The van der Waals surface area contributed by atoms with Crippen LogP contribution in [0.3, 0.4) is 0 Å². The maximum Gasteiger partial charge on any atom is 0.0544 e. The maximum absolute atomic E-state index is 5.61. The van der Waals surface area contributed by atoms with Crippen molar-refractivity contribution in [1.29, 1.82) is 0 Å². The number of hydrogen-bond acceptors (Lipinski definition) is 4. The van der Waals surface area contributed by atoms with Crippen molar-refractivity contribution in [2.75, 3.05) is 36.2 Å². The van der Waals surface area contributed by atoms with Crippen LogP contribution in [0, 0.1) is 10.8 Å². The molecule has 0 unspecified atom stereocenters. The van der Waals surface area contributed by atoms with Gasteiger partial charge in [0.25, 0.3) is 0 Å². The van der Waals surface area contributed by atoms with Gasteiger partial charge in [-0.05, 0) is 155 Å². The highest BCUT2D eigenvalue weighted by Gasteiger charge is 2.37. The van der Waals surface area contributed by atoms with Gasteiger partial charge >= 0.3 is 0 Å². The zero-order valence-electron chi connectivity index (χ0n) is 36.1. The topological polar surface area (TPSA) is 24.9 Å². The summed E-state index contributed by atoms with van der Waals surface area (Å²) in [5, 5.41) is 4.95. The molecule has 0 atom stereocenters. The van der Waals surface area contributed by atoms with Crippen LogP contribution in [-0.2, 0) is 22.3 Å². The largest absolute Gasteiger partial charge is 0.380 e. The number of aryl methyl sites for hydroxylation is 2. The summed E-state index contributed by atoms with van der Waals surface area (Å²) in [5.74, 6) is 0. The molecule has 0 amide bonds. The van der Waals surface area contributed by atoms with Crippen LogP contribution >= 0.6 is 0 Å². The van der Waals surface area contributed by atoms with Gasteiger partial charge in [-0.1, -0.05) is 123 Å². The normalized spacial score (nSPS) is 15.2. The van der Waals surface area contributed by atoms with Gasteiger partial charge < -0.3 is 19.3 Å². The molecular weight excluding hydrogens is 757 g/mol. The van der Waals surface area contributed by atoms with Crippen molar-refractivity contribution in [2.45, 2.75) is 52.4 Å². The quantitative estimate of drug-likeness (QED) is 0.103. The Bertz CT molecular complexity index is 2560. The zero-order chi connectivity index (χ0) is 41.9.